The second-order valence-corrected chi connectivity index (χ2v) is 7.58. The summed E-state index contributed by atoms with van der Waals surface area (Å²) in [4.78, 5) is 23.3. The molecule has 5 nitrogen and oxygen atoms in total. The summed E-state index contributed by atoms with van der Waals surface area (Å²) in [7, 11) is 0. The highest BCUT2D eigenvalue weighted by molar-refractivity contribution is 6.00. The van der Waals surface area contributed by atoms with Crippen LogP contribution in [-0.2, 0) is 22.1 Å². The third kappa shape index (κ3) is 3.37. The van der Waals surface area contributed by atoms with Gasteiger partial charge in [0.05, 0.1) is 5.56 Å². The molecule has 5 rings (SSSR count). The molecule has 8 heteroatoms. The van der Waals surface area contributed by atoms with Crippen LogP contribution in [-0.4, -0.2) is 18.1 Å². The van der Waals surface area contributed by atoms with Crippen molar-refractivity contribution in [3.63, 3.8) is 0 Å². The van der Waals surface area contributed by atoms with Gasteiger partial charge in [-0.1, -0.05) is 30.3 Å². The fourth-order valence-corrected chi connectivity index (χ4v) is 4.37. The number of cyclic esters (lactones) is 1. The molecule has 31 heavy (non-hydrogen) atoms. The minimum atomic E-state index is -4.46. The normalized spacial score (nSPS) is 20.5. The van der Waals surface area contributed by atoms with E-state index in [1.165, 1.54) is 12.1 Å². The van der Waals surface area contributed by atoms with E-state index in [0.717, 1.165) is 17.2 Å². The molecular weight excluding hydrogens is 411 g/mol. The summed E-state index contributed by atoms with van der Waals surface area (Å²) in [6.07, 6.45) is -4.73. The highest BCUT2D eigenvalue weighted by Crippen LogP contribution is 2.42. The number of hydrogen-bond donors (Lipinski definition) is 1. The molecule has 1 aliphatic carbocycles. The number of amides is 2. The lowest BCUT2D eigenvalue weighted by Gasteiger charge is -2.17. The Labute approximate surface area is 174 Å². The quantitative estimate of drug-likeness (QED) is 0.615. The van der Waals surface area contributed by atoms with Crippen LogP contribution in [0.4, 0.5) is 18.0 Å². The van der Waals surface area contributed by atoms with E-state index in [1.54, 1.807) is 24.3 Å². The molecular formula is C23H16F3NO4. The number of halogens is 3. The third-order valence-electron chi connectivity index (χ3n) is 5.74. The van der Waals surface area contributed by atoms with Crippen LogP contribution >= 0.6 is 0 Å². The summed E-state index contributed by atoms with van der Waals surface area (Å²) in [5.74, 6) is 0.126. The van der Waals surface area contributed by atoms with Gasteiger partial charge in [0.25, 0.3) is 5.91 Å². The molecule has 3 aromatic carbocycles. The lowest BCUT2D eigenvalue weighted by atomic mass is 9.95. The van der Waals surface area contributed by atoms with E-state index in [4.69, 9.17) is 9.47 Å². The predicted octanol–water partition coefficient (Wildman–Crippen LogP) is 5.32. The first-order chi connectivity index (χ1) is 14.8. The van der Waals surface area contributed by atoms with E-state index < -0.39 is 29.8 Å². The third-order valence-corrected chi connectivity index (χ3v) is 5.74. The Kier molecular flexibility index (Phi) is 4.39. The Morgan fingerprint density at radius 3 is 2.48 bits per heavy atom. The molecule has 2 amide bonds. The highest BCUT2D eigenvalue weighted by atomic mass is 19.4. The van der Waals surface area contributed by atoms with Crippen LogP contribution in [0.25, 0.3) is 10.8 Å². The first-order valence-electron chi connectivity index (χ1n) is 9.72. The van der Waals surface area contributed by atoms with E-state index >= 15 is 0 Å². The number of alkyl halides is 3. The van der Waals surface area contributed by atoms with Crippen molar-refractivity contribution in [1.29, 1.82) is 0 Å². The van der Waals surface area contributed by atoms with Gasteiger partial charge in [-0.05, 0) is 53.6 Å². The molecule has 1 heterocycles. The first kappa shape index (κ1) is 19.4. The molecule has 0 radical (unpaired) electrons. The van der Waals surface area contributed by atoms with Crippen LogP contribution in [0, 0.1) is 0 Å². The summed E-state index contributed by atoms with van der Waals surface area (Å²) < 4.78 is 51.1. The number of rotatable bonds is 3. The van der Waals surface area contributed by atoms with Gasteiger partial charge in [-0.2, -0.15) is 13.2 Å². The smallest absolute Gasteiger partial charge is 0.417 e. The fourth-order valence-electron chi connectivity index (χ4n) is 4.37. The van der Waals surface area contributed by atoms with Gasteiger partial charge in [-0.15, -0.1) is 0 Å². The average molecular weight is 427 g/mol. The maximum Gasteiger partial charge on any atom is 0.417 e. The molecule has 1 N–H and O–H groups in total. The van der Waals surface area contributed by atoms with Crippen molar-refractivity contribution in [1.82, 2.24) is 5.32 Å². The zero-order chi connectivity index (χ0) is 21.8. The molecule has 2 atom stereocenters. The zero-order valence-electron chi connectivity index (χ0n) is 16.0. The van der Waals surface area contributed by atoms with Crippen LogP contribution < -0.4 is 10.1 Å². The molecule has 1 unspecified atom stereocenters. The van der Waals surface area contributed by atoms with E-state index in [0.29, 0.717) is 29.7 Å². The van der Waals surface area contributed by atoms with Gasteiger partial charge in [0.1, 0.15) is 11.5 Å². The number of hydrogen-bond acceptors (Lipinski definition) is 4. The summed E-state index contributed by atoms with van der Waals surface area (Å²) in [6, 6.07) is 13.9. The topological polar surface area (TPSA) is 64.6 Å². The van der Waals surface area contributed by atoms with Crippen molar-refractivity contribution < 1.29 is 32.2 Å². The lowest BCUT2D eigenvalue weighted by molar-refractivity contribution is -0.136. The first-order valence-corrected chi connectivity index (χ1v) is 9.72. The molecule has 0 bridgehead atoms. The molecule has 0 saturated carbocycles. The largest absolute Gasteiger partial charge is 0.457 e. The van der Waals surface area contributed by atoms with Gasteiger partial charge >= 0.3 is 12.3 Å². The second kappa shape index (κ2) is 7.01. The maximum absolute atomic E-state index is 13.3. The lowest BCUT2D eigenvalue weighted by Crippen LogP contribution is -2.28. The number of fused-ring (bicyclic) bond motifs is 2. The number of benzene rings is 3. The Bertz CT molecular complexity index is 1220. The summed E-state index contributed by atoms with van der Waals surface area (Å²) in [5, 5.41) is 2.58. The molecule has 0 aromatic heterocycles. The van der Waals surface area contributed by atoms with Crippen LogP contribution in [0.1, 0.15) is 29.0 Å². The van der Waals surface area contributed by atoms with E-state index in [2.05, 4.69) is 5.32 Å². The number of carbonyl (C=O) groups is 2. The predicted molar refractivity (Wildman–Crippen MR) is 105 cm³/mol. The number of aryl methyl sites for hydroxylation is 1. The van der Waals surface area contributed by atoms with Crippen molar-refractivity contribution in [3.8, 4) is 11.5 Å². The summed E-state index contributed by atoms with van der Waals surface area (Å²) >= 11 is 0. The highest BCUT2D eigenvalue weighted by Gasteiger charge is 2.42. The van der Waals surface area contributed by atoms with Gasteiger partial charge in [0.15, 0.2) is 6.10 Å². The monoisotopic (exact) mass is 427 g/mol. The van der Waals surface area contributed by atoms with Crippen molar-refractivity contribution in [2.75, 3.05) is 0 Å². The molecule has 0 spiro atoms. The minimum Gasteiger partial charge on any atom is -0.457 e. The summed E-state index contributed by atoms with van der Waals surface area (Å²) in [5.41, 5.74) is 1.14. The molecule has 1 fully saturated rings. The molecule has 3 aromatic rings. The number of carbonyl (C=O) groups excluding carboxylic acids is 2. The van der Waals surface area contributed by atoms with Gasteiger partial charge < -0.3 is 9.47 Å². The Morgan fingerprint density at radius 2 is 1.77 bits per heavy atom. The van der Waals surface area contributed by atoms with Crippen LogP contribution in [0.5, 0.6) is 11.5 Å². The van der Waals surface area contributed by atoms with Gasteiger partial charge in [-0.3, -0.25) is 10.1 Å². The number of ether oxygens (including phenoxy) is 2. The SMILES string of the molecule is O=C1NC(=O)C([C@@H]2CCc3cc(Oc4ccc(C(F)(F)F)c5ccccc45)ccc32)O1. The number of imide groups is 1. The molecule has 2 aliphatic rings. The van der Waals surface area contributed by atoms with Crippen LogP contribution in [0.15, 0.2) is 54.6 Å². The Morgan fingerprint density at radius 1 is 1.00 bits per heavy atom. The molecule has 158 valence electrons. The molecule has 1 saturated heterocycles. The average Bonchev–Trinajstić information content (AvgIpc) is 3.29. The standard InChI is InChI=1S/C23H16F3NO4/c24-23(25,26)18-9-10-19(16-4-2-1-3-15(16)18)30-13-6-8-14-12(11-13)5-7-17(14)20-21(28)27-22(29)31-20/h1-4,6,8-11,17,20H,5,7H2,(H,27,28,29)/t17-,20?/m1/s1. The van der Waals surface area contributed by atoms with Gasteiger partial charge in [0, 0.05) is 11.3 Å². The van der Waals surface area contributed by atoms with Crippen molar-refractivity contribution in [3.05, 3.63) is 71.3 Å². The maximum atomic E-state index is 13.3. The van der Waals surface area contributed by atoms with Gasteiger partial charge in [0.2, 0.25) is 0 Å². The van der Waals surface area contributed by atoms with E-state index in [9.17, 15) is 22.8 Å². The fraction of sp³-hybridized carbons (Fsp3) is 0.217. The van der Waals surface area contributed by atoms with E-state index in [1.807, 2.05) is 12.1 Å². The summed E-state index contributed by atoms with van der Waals surface area (Å²) in [6.45, 7) is 0. The molecule has 1 aliphatic heterocycles. The second-order valence-electron chi connectivity index (χ2n) is 7.58. The Balaban J connectivity index is 1.46. The Hall–Kier alpha value is -3.55. The minimum absolute atomic E-state index is 0.0720. The van der Waals surface area contributed by atoms with Crippen molar-refractivity contribution in [2.45, 2.75) is 31.0 Å². The number of alkyl carbamates (subject to hydrolysis) is 1. The van der Waals surface area contributed by atoms with Crippen LogP contribution in [0.3, 0.4) is 0 Å². The van der Waals surface area contributed by atoms with E-state index in [-0.39, 0.29) is 11.3 Å². The zero-order valence-corrected chi connectivity index (χ0v) is 16.0. The number of nitrogens with one attached hydrogen (secondary N) is 1. The van der Waals surface area contributed by atoms with Gasteiger partial charge in [-0.25, -0.2) is 4.79 Å². The van der Waals surface area contributed by atoms with Crippen molar-refractivity contribution >= 4 is 22.8 Å². The van der Waals surface area contributed by atoms with Crippen molar-refractivity contribution in [2.24, 2.45) is 0 Å². The van der Waals surface area contributed by atoms with Crippen LogP contribution in [0.2, 0.25) is 0 Å².